The number of ether oxygens (including phenoxy) is 1. The van der Waals surface area contributed by atoms with E-state index in [1.54, 1.807) is 12.4 Å². The fraction of sp³-hybridized carbons (Fsp3) is 0.600. The highest BCUT2D eigenvalue weighted by atomic mass is 79.9. The Kier molecular flexibility index (Phi) is 3.35. The van der Waals surface area contributed by atoms with Crippen molar-refractivity contribution < 1.29 is 4.74 Å². The van der Waals surface area contributed by atoms with E-state index in [0.29, 0.717) is 12.1 Å². The van der Waals surface area contributed by atoms with Gasteiger partial charge in [0.2, 0.25) is 0 Å². The summed E-state index contributed by atoms with van der Waals surface area (Å²) >= 11 is 3.29. The Hall–Kier alpha value is -0.640. The van der Waals surface area contributed by atoms with E-state index in [1.807, 2.05) is 0 Å². The van der Waals surface area contributed by atoms with Crippen LogP contribution in [0.1, 0.15) is 32.1 Å². The summed E-state index contributed by atoms with van der Waals surface area (Å²) in [6.45, 7) is 0. The Morgan fingerprint density at radius 2 is 1.79 bits per heavy atom. The molecule has 0 atom stereocenters. The molecule has 0 N–H and O–H groups in total. The third-order valence-electron chi connectivity index (χ3n) is 2.42. The standard InChI is InChI=1S/C10H13BrN2O/c11-8-6-12-10(13-7-8)14-9-4-2-1-3-5-9/h6-7,9H,1-5H2. The van der Waals surface area contributed by atoms with Gasteiger partial charge in [-0.1, -0.05) is 6.42 Å². The lowest BCUT2D eigenvalue weighted by molar-refractivity contribution is 0.141. The SMILES string of the molecule is Brc1cnc(OC2CCCCC2)nc1. The zero-order chi connectivity index (χ0) is 9.80. The molecule has 0 amide bonds. The van der Waals surface area contributed by atoms with Gasteiger partial charge in [0.25, 0.3) is 0 Å². The Labute approximate surface area is 92.0 Å². The smallest absolute Gasteiger partial charge is 0.316 e. The predicted molar refractivity (Wildman–Crippen MR) is 57.2 cm³/mol. The lowest BCUT2D eigenvalue weighted by Gasteiger charge is -2.21. The molecule has 0 aliphatic heterocycles. The van der Waals surface area contributed by atoms with Crippen LogP contribution in [-0.2, 0) is 0 Å². The second-order valence-corrected chi connectivity index (χ2v) is 4.48. The molecular formula is C10H13BrN2O. The molecule has 0 saturated heterocycles. The summed E-state index contributed by atoms with van der Waals surface area (Å²) in [6, 6.07) is 0.500. The fourth-order valence-electron chi connectivity index (χ4n) is 1.69. The highest BCUT2D eigenvalue weighted by Gasteiger charge is 2.15. The van der Waals surface area contributed by atoms with Gasteiger partial charge in [-0.3, -0.25) is 0 Å². The van der Waals surface area contributed by atoms with E-state index < -0.39 is 0 Å². The van der Waals surface area contributed by atoms with Crippen molar-refractivity contribution in [2.24, 2.45) is 0 Å². The summed E-state index contributed by atoms with van der Waals surface area (Å²) < 4.78 is 6.55. The van der Waals surface area contributed by atoms with E-state index in [4.69, 9.17) is 4.74 Å². The zero-order valence-electron chi connectivity index (χ0n) is 7.95. The molecule has 76 valence electrons. The van der Waals surface area contributed by atoms with Crippen molar-refractivity contribution in [2.45, 2.75) is 38.2 Å². The molecule has 1 aliphatic carbocycles. The van der Waals surface area contributed by atoms with Crippen LogP contribution in [0.25, 0.3) is 0 Å². The van der Waals surface area contributed by atoms with Crippen LogP contribution in [0.4, 0.5) is 0 Å². The molecular weight excluding hydrogens is 244 g/mol. The van der Waals surface area contributed by atoms with Crippen LogP contribution in [0.2, 0.25) is 0 Å². The molecule has 1 saturated carbocycles. The van der Waals surface area contributed by atoms with Crippen LogP contribution in [0, 0.1) is 0 Å². The first-order valence-corrected chi connectivity index (χ1v) is 5.78. The number of rotatable bonds is 2. The Morgan fingerprint density at radius 1 is 1.14 bits per heavy atom. The van der Waals surface area contributed by atoms with Gasteiger partial charge in [-0.05, 0) is 41.6 Å². The normalized spacial score (nSPS) is 18.1. The van der Waals surface area contributed by atoms with Gasteiger partial charge >= 0.3 is 6.01 Å². The first-order chi connectivity index (χ1) is 6.84. The van der Waals surface area contributed by atoms with Crippen LogP contribution in [0.15, 0.2) is 16.9 Å². The summed E-state index contributed by atoms with van der Waals surface area (Å²) in [6.07, 6.45) is 9.89. The van der Waals surface area contributed by atoms with E-state index in [0.717, 1.165) is 17.3 Å². The van der Waals surface area contributed by atoms with Crippen molar-refractivity contribution in [1.82, 2.24) is 9.97 Å². The number of hydrogen-bond acceptors (Lipinski definition) is 3. The molecule has 1 aromatic heterocycles. The molecule has 1 aromatic rings. The maximum absolute atomic E-state index is 5.67. The Morgan fingerprint density at radius 3 is 2.43 bits per heavy atom. The molecule has 4 heteroatoms. The van der Waals surface area contributed by atoms with Crippen LogP contribution in [-0.4, -0.2) is 16.1 Å². The van der Waals surface area contributed by atoms with E-state index in [9.17, 15) is 0 Å². The van der Waals surface area contributed by atoms with E-state index in [2.05, 4.69) is 25.9 Å². The number of aromatic nitrogens is 2. The van der Waals surface area contributed by atoms with Crippen molar-refractivity contribution in [2.75, 3.05) is 0 Å². The molecule has 0 aromatic carbocycles. The molecule has 0 radical (unpaired) electrons. The molecule has 14 heavy (non-hydrogen) atoms. The van der Waals surface area contributed by atoms with Gasteiger partial charge < -0.3 is 4.74 Å². The van der Waals surface area contributed by atoms with Gasteiger partial charge in [0.05, 0.1) is 4.47 Å². The number of nitrogens with zero attached hydrogens (tertiary/aromatic N) is 2. The second kappa shape index (κ2) is 4.73. The van der Waals surface area contributed by atoms with Gasteiger partial charge in [-0.25, -0.2) is 9.97 Å². The highest BCUT2D eigenvalue weighted by molar-refractivity contribution is 9.10. The molecule has 1 fully saturated rings. The topological polar surface area (TPSA) is 35.0 Å². The van der Waals surface area contributed by atoms with Gasteiger partial charge in [0.1, 0.15) is 6.10 Å². The monoisotopic (exact) mass is 256 g/mol. The minimum Gasteiger partial charge on any atom is -0.460 e. The van der Waals surface area contributed by atoms with Crippen LogP contribution >= 0.6 is 15.9 Å². The van der Waals surface area contributed by atoms with Crippen LogP contribution in [0.5, 0.6) is 6.01 Å². The van der Waals surface area contributed by atoms with Crippen LogP contribution < -0.4 is 4.74 Å². The second-order valence-electron chi connectivity index (χ2n) is 3.56. The summed E-state index contributed by atoms with van der Waals surface area (Å²) in [5, 5.41) is 0. The molecule has 0 unspecified atom stereocenters. The van der Waals surface area contributed by atoms with E-state index in [1.165, 1.54) is 19.3 Å². The summed E-state index contributed by atoms with van der Waals surface area (Å²) in [4.78, 5) is 8.18. The van der Waals surface area contributed by atoms with Gasteiger partial charge in [0.15, 0.2) is 0 Å². The summed E-state index contributed by atoms with van der Waals surface area (Å²) in [5.74, 6) is 0. The Balaban J connectivity index is 1.92. The van der Waals surface area contributed by atoms with Gasteiger partial charge in [0, 0.05) is 12.4 Å². The number of hydrogen-bond donors (Lipinski definition) is 0. The lowest BCUT2D eigenvalue weighted by atomic mass is 9.98. The minimum absolute atomic E-state index is 0.324. The molecule has 2 rings (SSSR count). The Bertz CT molecular complexity index is 283. The minimum atomic E-state index is 0.324. The van der Waals surface area contributed by atoms with Crippen molar-refractivity contribution in [1.29, 1.82) is 0 Å². The van der Waals surface area contributed by atoms with Crippen molar-refractivity contribution in [3.8, 4) is 6.01 Å². The first-order valence-electron chi connectivity index (χ1n) is 4.99. The zero-order valence-corrected chi connectivity index (χ0v) is 9.53. The maximum Gasteiger partial charge on any atom is 0.316 e. The third-order valence-corrected chi connectivity index (χ3v) is 2.83. The van der Waals surface area contributed by atoms with Gasteiger partial charge in [-0.15, -0.1) is 0 Å². The van der Waals surface area contributed by atoms with Gasteiger partial charge in [-0.2, -0.15) is 0 Å². The summed E-state index contributed by atoms with van der Waals surface area (Å²) in [7, 11) is 0. The average Bonchev–Trinajstić information content (AvgIpc) is 2.23. The number of halogens is 1. The third kappa shape index (κ3) is 2.67. The highest BCUT2D eigenvalue weighted by Crippen LogP contribution is 2.21. The van der Waals surface area contributed by atoms with Crippen LogP contribution in [0.3, 0.4) is 0 Å². The quantitative estimate of drug-likeness (QED) is 0.817. The predicted octanol–water partition coefficient (Wildman–Crippen LogP) is 2.95. The average molecular weight is 257 g/mol. The lowest BCUT2D eigenvalue weighted by Crippen LogP contribution is -2.20. The van der Waals surface area contributed by atoms with Crippen molar-refractivity contribution in [3.63, 3.8) is 0 Å². The molecule has 0 bridgehead atoms. The van der Waals surface area contributed by atoms with Crippen molar-refractivity contribution >= 4 is 15.9 Å². The largest absolute Gasteiger partial charge is 0.460 e. The van der Waals surface area contributed by atoms with Crippen molar-refractivity contribution in [3.05, 3.63) is 16.9 Å². The summed E-state index contributed by atoms with van der Waals surface area (Å²) in [5.41, 5.74) is 0. The van der Waals surface area contributed by atoms with E-state index >= 15 is 0 Å². The maximum atomic E-state index is 5.67. The molecule has 0 spiro atoms. The molecule has 1 aliphatic rings. The fourth-order valence-corrected chi connectivity index (χ4v) is 1.90. The first kappa shape index (κ1) is 9.90. The molecule has 1 heterocycles. The van der Waals surface area contributed by atoms with E-state index in [-0.39, 0.29) is 0 Å². The molecule has 3 nitrogen and oxygen atoms in total.